The molecule has 0 atom stereocenters. The van der Waals surface area contributed by atoms with E-state index in [0.717, 1.165) is 0 Å². The van der Waals surface area contributed by atoms with Gasteiger partial charge in [0.05, 0.1) is 28.5 Å². The number of nitrogens with zero attached hydrogens (tertiary/aromatic N) is 2. The minimum atomic E-state index is -0.860. The maximum atomic E-state index is 13.4. The highest BCUT2D eigenvalue weighted by molar-refractivity contribution is 6.31. The summed E-state index contributed by atoms with van der Waals surface area (Å²) in [6.45, 7) is 0.378. The van der Waals surface area contributed by atoms with Crippen LogP contribution in [-0.2, 0) is 17.2 Å². The Bertz CT molecular complexity index is 630. The molecule has 19 heavy (non-hydrogen) atoms. The number of carbonyl (C=O) groups excluding carboxylic acids is 1. The van der Waals surface area contributed by atoms with Gasteiger partial charge in [-0.05, 0) is 6.07 Å². The van der Waals surface area contributed by atoms with Crippen molar-refractivity contribution in [1.82, 2.24) is 9.55 Å². The van der Waals surface area contributed by atoms with Gasteiger partial charge in [-0.3, -0.25) is 0 Å². The monoisotopic (exact) mass is 305 g/mol. The number of amides is 1. The second-order valence-electron chi connectivity index (χ2n) is 3.74. The van der Waals surface area contributed by atoms with Crippen LogP contribution in [-0.4, -0.2) is 22.3 Å². The lowest BCUT2D eigenvalue weighted by Gasteiger charge is -2.07. The molecule has 102 valence electrons. The van der Waals surface area contributed by atoms with Gasteiger partial charge in [-0.25, -0.2) is 14.2 Å². The highest BCUT2D eigenvalue weighted by atomic mass is 35.5. The van der Waals surface area contributed by atoms with E-state index < -0.39 is 11.9 Å². The molecule has 0 aliphatic carbocycles. The summed E-state index contributed by atoms with van der Waals surface area (Å²) in [6.07, 6.45) is -0.860. The molecule has 0 aliphatic heterocycles. The summed E-state index contributed by atoms with van der Waals surface area (Å²) in [5, 5.41) is -0.00871. The van der Waals surface area contributed by atoms with Crippen LogP contribution in [0.4, 0.5) is 9.18 Å². The number of ether oxygens (including phenoxy) is 1. The van der Waals surface area contributed by atoms with E-state index in [0.29, 0.717) is 23.4 Å². The molecular weight excluding hydrogens is 296 g/mol. The number of aromatic nitrogens is 2. The second-order valence-corrected chi connectivity index (χ2v) is 4.41. The van der Waals surface area contributed by atoms with Crippen molar-refractivity contribution < 1.29 is 13.9 Å². The third-order valence-corrected chi connectivity index (χ3v) is 3.08. The molecule has 0 spiro atoms. The summed E-state index contributed by atoms with van der Waals surface area (Å²) >= 11 is 11.5. The van der Waals surface area contributed by atoms with E-state index in [9.17, 15) is 9.18 Å². The molecule has 0 aliphatic rings. The summed E-state index contributed by atoms with van der Waals surface area (Å²) in [5.41, 5.74) is 5.94. The zero-order valence-electron chi connectivity index (χ0n) is 9.70. The topological polar surface area (TPSA) is 70.1 Å². The Balaban J connectivity index is 2.39. The third kappa shape index (κ3) is 2.90. The fourth-order valence-corrected chi connectivity index (χ4v) is 2.12. The maximum Gasteiger partial charge on any atom is 0.404 e. The Labute approximate surface area is 118 Å². The minimum Gasteiger partial charge on any atom is -0.448 e. The van der Waals surface area contributed by atoms with E-state index in [1.54, 1.807) is 4.57 Å². The zero-order valence-corrected chi connectivity index (χ0v) is 11.2. The maximum absolute atomic E-state index is 13.4. The lowest BCUT2D eigenvalue weighted by molar-refractivity contribution is 0.152. The normalized spacial score (nSPS) is 10.9. The molecular formula is C11H10Cl2FN3O2. The van der Waals surface area contributed by atoms with E-state index in [-0.39, 0.29) is 17.5 Å². The first-order chi connectivity index (χ1) is 9.02. The number of fused-ring (bicyclic) bond motifs is 1. The molecule has 1 aromatic carbocycles. The molecule has 2 N–H and O–H groups in total. The van der Waals surface area contributed by atoms with Gasteiger partial charge in [-0.15, -0.1) is 11.6 Å². The molecule has 2 rings (SSSR count). The zero-order chi connectivity index (χ0) is 14.0. The lowest BCUT2D eigenvalue weighted by Crippen LogP contribution is -2.17. The summed E-state index contributed by atoms with van der Waals surface area (Å²) in [5.74, 6) is 0.129. The fourth-order valence-electron chi connectivity index (χ4n) is 1.76. The van der Waals surface area contributed by atoms with Crippen LogP contribution in [0.15, 0.2) is 12.1 Å². The number of hydrogen-bond donors (Lipinski definition) is 1. The average Bonchev–Trinajstić information content (AvgIpc) is 2.67. The van der Waals surface area contributed by atoms with Crippen LogP contribution in [0, 0.1) is 5.82 Å². The average molecular weight is 306 g/mol. The van der Waals surface area contributed by atoms with Crippen molar-refractivity contribution in [1.29, 1.82) is 0 Å². The summed E-state index contributed by atoms with van der Waals surface area (Å²) < 4.78 is 19.7. The molecule has 0 bridgehead atoms. The van der Waals surface area contributed by atoms with Crippen molar-refractivity contribution in [3.05, 3.63) is 28.8 Å². The molecule has 0 saturated heterocycles. The molecule has 1 heterocycles. The summed E-state index contributed by atoms with van der Waals surface area (Å²) in [4.78, 5) is 14.7. The van der Waals surface area contributed by atoms with Gasteiger partial charge in [0.2, 0.25) is 0 Å². The van der Waals surface area contributed by atoms with E-state index in [1.807, 2.05) is 0 Å². The quantitative estimate of drug-likeness (QED) is 0.883. The van der Waals surface area contributed by atoms with E-state index in [1.165, 1.54) is 12.1 Å². The van der Waals surface area contributed by atoms with Crippen molar-refractivity contribution in [3.63, 3.8) is 0 Å². The van der Waals surface area contributed by atoms with Crippen LogP contribution in [0.1, 0.15) is 5.82 Å². The van der Waals surface area contributed by atoms with Crippen LogP contribution in [0.3, 0.4) is 0 Å². The minimum absolute atomic E-state index is 0.00871. The van der Waals surface area contributed by atoms with Crippen LogP contribution in [0.25, 0.3) is 11.0 Å². The number of rotatable bonds is 4. The molecule has 8 heteroatoms. The second kappa shape index (κ2) is 5.63. The van der Waals surface area contributed by atoms with Gasteiger partial charge in [-0.1, -0.05) is 11.6 Å². The van der Waals surface area contributed by atoms with Crippen LogP contribution in [0.2, 0.25) is 5.02 Å². The summed E-state index contributed by atoms with van der Waals surface area (Å²) in [6, 6.07) is 2.69. The predicted molar refractivity (Wildman–Crippen MR) is 69.8 cm³/mol. The Morgan fingerprint density at radius 3 is 2.89 bits per heavy atom. The highest BCUT2D eigenvalue weighted by Crippen LogP contribution is 2.24. The number of primary amides is 1. The largest absolute Gasteiger partial charge is 0.448 e. The van der Waals surface area contributed by atoms with Gasteiger partial charge < -0.3 is 15.0 Å². The number of imidazole rings is 1. The van der Waals surface area contributed by atoms with Gasteiger partial charge in [0.15, 0.2) is 0 Å². The van der Waals surface area contributed by atoms with Crippen LogP contribution in [0.5, 0.6) is 0 Å². The number of hydrogen-bond acceptors (Lipinski definition) is 3. The Kier molecular flexibility index (Phi) is 4.11. The molecule has 1 aromatic heterocycles. The van der Waals surface area contributed by atoms with Gasteiger partial charge in [-0.2, -0.15) is 0 Å². The SMILES string of the molecule is NC(=O)OCCn1c(CCl)nc2cc(F)c(Cl)cc21. The van der Waals surface area contributed by atoms with Gasteiger partial charge in [0, 0.05) is 6.07 Å². The van der Waals surface area contributed by atoms with Crippen LogP contribution >= 0.6 is 23.2 Å². The van der Waals surface area contributed by atoms with E-state index in [2.05, 4.69) is 9.72 Å². The van der Waals surface area contributed by atoms with Crippen molar-refractivity contribution in [3.8, 4) is 0 Å². The Hall–Kier alpha value is -1.53. The first kappa shape index (κ1) is 13.9. The highest BCUT2D eigenvalue weighted by Gasteiger charge is 2.13. The predicted octanol–water partition coefficient (Wildman–Crippen LogP) is 2.66. The Morgan fingerprint density at radius 2 is 2.26 bits per heavy atom. The van der Waals surface area contributed by atoms with Gasteiger partial charge in [0.1, 0.15) is 18.2 Å². The number of nitrogens with two attached hydrogens (primary N) is 1. The standard InChI is InChI=1S/C11H10Cl2FN3O2/c12-5-10-16-8-4-7(14)6(13)3-9(8)17(10)1-2-19-11(15)18/h3-4H,1-2,5H2,(H2,15,18). The number of halogens is 3. The number of benzene rings is 1. The molecule has 1 amide bonds. The molecule has 0 unspecified atom stereocenters. The first-order valence-electron chi connectivity index (χ1n) is 5.35. The molecule has 0 fully saturated rings. The van der Waals surface area contributed by atoms with Crippen molar-refractivity contribution in [2.24, 2.45) is 5.73 Å². The third-order valence-electron chi connectivity index (χ3n) is 2.55. The first-order valence-corrected chi connectivity index (χ1v) is 6.26. The molecule has 0 radical (unpaired) electrons. The smallest absolute Gasteiger partial charge is 0.404 e. The van der Waals surface area contributed by atoms with Gasteiger partial charge in [0.25, 0.3) is 0 Å². The fraction of sp³-hybridized carbons (Fsp3) is 0.273. The van der Waals surface area contributed by atoms with Crippen molar-refractivity contribution >= 4 is 40.3 Å². The van der Waals surface area contributed by atoms with Crippen molar-refractivity contribution in [2.75, 3.05) is 6.61 Å². The molecule has 2 aromatic rings. The van der Waals surface area contributed by atoms with E-state index >= 15 is 0 Å². The Morgan fingerprint density at radius 1 is 1.53 bits per heavy atom. The van der Waals surface area contributed by atoms with Crippen molar-refractivity contribution in [2.45, 2.75) is 12.4 Å². The lowest BCUT2D eigenvalue weighted by atomic mass is 10.3. The van der Waals surface area contributed by atoms with Crippen LogP contribution < -0.4 is 5.73 Å². The number of alkyl halides is 1. The van der Waals surface area contributed by atoms with Gasteiger partial charge >= 0.3 is 6.09 Å². The summed E-state index contributed by atoms with van der Waals surface area (Å²) in [7, 11) is 0. The van der Waals surface area contributed by atoms with E-state index in [4.69, 9.17) is 28.9 Å². The number of carbonyl (C=O) groups is 1. The molecule has 0 saturated carbocycles. The molecule has 5 nitrogen and oxygen atoms in total.